The van der Waals surface area contributed by atoms with Crippen molar-refractivity contribution in [3.05, 3.63) is 102 Å². The monoisotopic (exact) mass is 410 g/mol. The van der Waals surface area contributed by atoms with Gasteiger partial charge in [-0.05, 0) is 48.0 Å². The molecule has 0 bridgehead atoms. The molecule has 0 aliphatic rings. The van der Waals surface area contributed by atoms with Gasteiger partial charge in [-0.2, -0.15) is 0 Å². The Labute approximate surface area is 180 Å². The van der Waals surface area contributed by atoms with Crippen LogP contribution in [0.1, 0.15) is 15.9 Å². The molecule has 0 fully saturated rings. The van der Waals surface area contributed by atoms with Crippen LogP contribution in [-0.2, 0) is 6.54 Å². The molecule has 1 aromatic heterocycles. The Balaban J connectivity index is 1.40. The van der Waals surface area contributed by atoms with Gasteiger partial charge >= 0.3 is 0 Å². The van der Waals surface area contributed by atoms with Crippen LogP contribution in [0.25, 0.3) is 11.3 Å². The standard InChI is InChI=1S/C25H22N4O2/c1-31-22-12-5-7-18(15-22)17-26-25(30)20-10-6-11-21(16-20)27-24-14-13-23(28-29-24)19-8-3-2-4-9-19/h2-16H,17H2,1H3,(H,26,30)(H,27,29). The lowest BCUT2D eigenvalue weighted by Gasteiger charge is -2.09. The van der Waals surface area contributed by atoms with E-state index in [0.717, 1.165) is 28.3 Å². The maximum Gasteiger partial charge on any atom is 0.251 e. The number of carbonyl (C=O) groups is 1. The second kappa shape index (κ2) is 9.54. The summed E-state index contributed by atoms with van der Waals surface area (Å²) in [6, 6.07) is 28.5. The number of anilines is 2. The average Bonchev–Trinajstić information content (AvgIpc) is 2.84. The van der Waals surface area contributed by atoms with E-state index in [-0.39, 0.29) is 5.91 Å². The van der Waals surface area contributed by atoms with Crippen molar-refractivity contribution in [2.45, 2.75) is 6.54 Å². The molecule has 6 heteroatoms. The van der Waals surface area contributed by atoms with Crippen molar-refractivity contribution in [1.82, 2.24) is 15.5 Å². The fraction of sp³-hybridized carbons (Fsp3) is 0.0800. The van der Waals surface area contributed by atoms with Crippen LogP contribution in [-0.4, -0.2) is 23.2 Å². The minimum Gasteiger partial charge on any atom is -0.497 e. The fourth-order valence-corrected chi connectivity index (χ4v) is 3.11. The Hall–Kier alpha value is -4.19. The summed E-state index contributed by atoms with van der Waals surface area (Å²) in [7, 11) is 1.62. The first kappa shape index (κ1) is 20.1. The molecule has 31 heavy (non-hydrogen) atoms. The van der Waals surface area contributed by atoms with E-state index in [2.05, 4.69) is 20.8 Å². The molecular weight excluding hydrogens is 388 g/mol. The van der Waals surface area contributed by atoms with Crippen LogP contribution in [0.4, 0.5) is 11.5 Å². The van der Waals surface area contributed by atoms with E-state index >= 15 is 0 Å². The van der Waals surface area contributed by atoms with Crippen molar-refractivity contribution in [2.75, 3.05) is 12.4 Å². The largest absolute Gasteiger partial charge is 0.497 e. The van der Waals surface area contributed by atoms with E-state index in [0.29, 0.717) is 17.9 Å². The summed E-state index contributed by atoms with van der Waals surface area (Å²) in [6.07, 6.45) is 0. The number of ether oxygens (including phenoxy) is 1. The molecule has 0 unspecified atom stereocenters. The Morgan fingerprint density at radius 3 is 2.48 bits per heavy atom. The molecule has 0 radical (unpaired) electrons. The third-order valence-corrected chi connectivity index (χ3v) is 4.72. The number of amides is 1. The molecule has 0 atom stereocenters. The van der Waals surface area contributed by atoms with Gasteiger partial charge in [-0.3, -0.25) is 4.79 Å². The van der Waals surface area contributed by atoms with Crippen molar-refractivity contribution in [2.24, 2.45) is 0 Å². The van der Waals surface area contributed by atoms with Gasteiger partial charge < -0.3 is 15.4 Å². The summed E-state index contributed by atoms with van der Waals surface area (Å²) < 4.78 is 5.22. The molecule has 3 aromatic carbocycles. The van der Waals surface area contributed by atoms with Crippen molar-refractivity contribution in [3.8, 4) is 17.0 Å². The number of methoxy groups -OCH3 is 1. The van der Waals surface area contributed by atoms with E-state index in [9.17, 15) is 4.79 Å². The zero-order valence-corrected chi connectivity index (χ0v) is 17.1. The Kier molecular flexibility index (Phi) is 6.18. The summed E-state index contributed by atoms with van der Waals surface area (Å²) in [5, 5.41) is 14.7. The first-order chi connectivity index (χ1) is 15.2. The molecule has 0 aliphatic heterocycles. The van der Waals surface area contributed by atoms with Gasteiger partial charge in [0.05, 0.1) is 12.8 Å². The summed E-state index contributed by atoms with van der Waals surface area (Å²) in [4.78, 5) is 12.6. The number of aromatic nitrogens is 2. The van der Waals surface area contributed by atoms with Gasteiger partial charge in [0.1, 0.15) is 5.75 Å². The molecule has 1 amide bonds. The second-order valence-electron chi connectivity index (χ2n) is 6.91. The van der Waals surface area contributed by atoms with Crippen LogP contribution in [0.15, 0.2) is 91.0 Å². The van der Waals surface area contributed by atoms with Crippen LogP contribution in [0.5, 0.6) is 5.75 Å². The van der Waals surface area contributed by atoms with Crippen LogP contribution >= 0.6 is 0 Å². The molecule has 4 aromatic rings. The summed E-state index contributed by atoms with van der Waals surface area (Å²) in [5.74, 6) is 1.21. The maximum atomic E-state index is 12.6. The van der Waals surface area contributed by atoms with Gasteiger partial charge in [-0.15, -0.1) is 10.2 Å². The van der Waals surface area contributed by atoms with Gasteiger partial charge in [-0.25, -0.2) is 0 Å². The molecule has 0 aliphatic carbocycles. The van der Waals surface area contributed by atoms with Gasteiger partial charge in [0.2, 0.25) is 0 Å². The molecule has 4 rings (SSSR count). The minimum atomic E-state index is -0.156. The van der Waals surface area contributed by atoms with Gasteiger partial charge in [0.15, 0.2) is 5.82 Å². The second-order valence-corrected chi connectivity index (χ2v) is 6.91. The zero-order valence-electron chi connectivity index (χ0n) is 17.1. The van der Waals surface area contributed by atoms with Crippen molar-refractivity contribution in [1.29, 1.82) is 0 Å². The van der Waals surface area contributed by atoms with E-state index in [4.69, 9.17) is 4.74 Å². The van der Waals surface area contributed by atoms with Crippen molar-refractivity contribution in [3.63, 3.8) is 0 Å². The molecule has 0 spiro atoms. The number of hydrogen-bond donors (Lipinski definition) is 2. The number of nitrogens with zero attached hydrogens (tertiary/aromatic N) is 2. The summed E-state index contributed by atoms with van der Waals surface area (Å²) >= 11 is 0. The smallest absolute Gasteiger partial charge is 0.251 e. The van der Waals surface area contributed by atoms with E-state index < -0.39 is 0 Å². The maximum absolute atomic E-state index is 12.6. The Morgan fingerprint density at radius 2 is 1.71 bits per heavy atom. The van der Waals surface area contributed by atoms with Gasteiger partial charge in [0.25, 0.3) is 5.91 Å². The van der Waals surface area contributed by atoms with Crippen LogP contribution in [0.2, 0.25) is 0 Å². The lowest BCUT2D eigenvalue weighted by atomic mass is 10.1. The highest BCUT2D eigenvalue weighted by molar-refractivity contribution is 5.95. The first-order valence-corrected chi connectivity index (χ1v) is 9.88. The third-order valence-electron chi connectivity index (χ3n) is 4.72. The van der Waals surface area contributed by atoms with Crippen LogP contribution < -0.4 is 15.4 Å². The van der Waals surface area contributed by atoms with Crippen molar-refractivity contribution < 1.29 is 9.53 Å². The molecule has 154 valence electrons. The quantitative estimate of drug-likeness (QED) is 0.457. The third kappa shape index (κ3) is 5.25. The summed E-state index contributed by atoms with van der Waals surface area (Å²) in [5.41, 5.74) is 4.10. The predicted octanol–water partition coefficient (Wildman–Crippen LogP) is 4.83. The molecule has 2 N–H and O–H groups in total. The Bertz CT molecular complexity index is 1160. The number of benzene rings is 3. The highest BCUT2D eigenvalue weighted by atomic mass is 16.5. The number of nitrogens with one attached hydrogen (secondary N) is 2. The SMILES string of the molecule is COc1cccc(CNC(=O)c2cccc(Nc3ccc(-c4ccccc4)nn3)c2)c1. The van der Waals surface area contributed by atoms with Gasteiger partial charge in [-0.1, -0.05) is 48.5 Å². The molecular formula is C25H22N4O2. The highest BCUT2D eigenvalue weighted by Crippen LogP contribution is 2.20. The minimum absolute atomic E-state index is 0.156. The zero-order chi connectivity index (χ0) is 21.5. The summed E-state index contributed by atoms with van der Waals surface area (Å²) in [6.45, 7) is 0.417. The van der Waals surface area contributed by atoms with Crippen molar-refractivity contribution >= 4 is 17.4 Å². The normalized spacial score (nSPS) is 10.4. The average molecular weight is 410 g/mol. The fourth-order valence-electron chi connectivity index (χ4n) is 3.11. The lowest BCUT2D eigenvalue weighted by molar-refractivity contribution is 0.0951. The van der Waals surface area contributed by atoms with Crippen LogP contribution in [0.3, 0.4) is 0 Å². The van der Waals surface area contributed by atoms with E-state index in [1.165, 1.54) is 0 Å². The van der Waals surface area contributed by atoms with Gasteiger partial charge in [0, 0.05) is 23.4 Å². The van der Waals surface area contributed by atoms with E-state index in [1.807, 2.05) is 78.9 Å². The molecule has 6 nitrogen and oxygen atoms in total. The molecule has 0 saturated carbocycles. The number of rotatable bonds is 7. The lowest BCUT2D eigenvalue weighted by Crippen LogP contribution is -2.22. The molecule has 0 saturated heterocycles. The highest BCUT2D eigenvalue weighted by Gasteiger charge is 2.08. The van der Waals surface area contributed by atoms with E-state index in [1.54, 1.807) is 19.2 Å². The topological polar surface area (TPSA) is 76.1 Å². The van der Waals surface area contributed by atoms with Crippen LogP contribution in [0, 0.1) is 0 Å². The predicted molar refractivity (Wildman–Crippen MR) is 121 cm³/mol. The number of hydrogen-bond acceptors (Lipinski definition) is 5. The Morgan fingerprint density at radius 1 is 0.871 bits per heavy atom. The first-order valence-electron chi connectivity index (χ1n) is 9.88. The number of carbonyl (C=O) groups excluding carboxylic acids is 1. The molecule has 1 heterocycles.